The summed E-state index contributed by atoms with van der Waals surface area (Å²) in [7, 11) is 0. The number of halogens is 1. The van der Waals surface area contributed by atoms with Gasteiger partial charge in [0.2, 0.25) is 0 Å². The molecule has 0 saturated carbocycles. The molecule has 0 aromatic heterocycles. The molecule has 2 rings (SSSR count). The third-order valence-electron chi connectivity index (χ3n) is 3.43. The van der Waals surface area contributed by atoms with Crippen LogP contribution in [0.1, 0.15) is 31.4 Å². The zero-order valence-corrected chi connectivity index (χ0v) is 13.5. The third-order valence-corrected chi connectivity index (χ3v) is 4.73. The van der Waals surface area contributed by atoms with Gasteiger partial charge in [-0.1, -0.05) is 17.9 Å². The van der Waals surface area contributed by atoms with Crippen LogP contribution in [0.4, 0.5) is 4.39 Å². The van der Waals surface area contributed by atoms with Gasteiger partial charge in [0.05, 0.1) is 6.61 Å². The maximum absolute atomic E-state index is 13.4. The molecule has 1 aliphatic rings. The van der Waals surface area contributed by atoms with Crippen molar-refractivity contribution in [2.24, 2.45) is 0 Å². The number of thioether (sulfide) groups is 1. The van der Waals surface area contributed by atoms with Crippen molar-refractivity contribution < 1.29 is 9.50 Å². The highest BCUT2D eigenvalue weighted by Crippen LogP contribution is 2.30. The van der Waals surface area contributed by atoms with Crippen LogP contribution in [-0.2, 0) is 6.54 Å². The second-order valence-electron chi connectivity index (χ2n) is 5.90. The number of benzene rings is 1. The molecule has 1 heterocycles. The standard InChI is InChI=1S/C17H22FNOS/c1-17(2)13-19(8-10-21-17)12-15-6-7-16(18)11-14(15)5-3-4-9-20/h6-7,11,20H,4,8-10,12-13H2,1-2H3. The third kappa shape index (κ3) is 5.03. The van der Waals surface area contributed by atoms with Crippen LogP contribution in [0.15, 0.2) is 18.2 Å². The van der Waals surface area contributed by atoms with Gasteiger partial charge in [0.1, 0.15) is 5.82 Å². The van der Waals surface area contributed by atoms with Crippen molar-refractivity contribution in [3.8, 4) is 11.8 Å². The van der Waals surface area contributed by atoms with E-state index in [1.54, 1.807) is 0 Å². The van der Waals surface area contributed by atoms with Gasteiger partial charge in [-0.3, -0.25) is 4.90 Å². The first-order valence-corrected chi connectivity index (χ1v) is 8.23. The van der Waals surface area contributed by atoms with Crippen LogP contribution < -0.4 is 0 Å². The Labute approximate surface area is 130 Å². The predicted molar refractivity (Wildman–Crippen MR) is 86.8 cm³/mol. The van der Waals surface area contributed by atoms with E-state index in [1.165, 1.54) is 12.1 Å². The van der Waals surface area contributed by atoms with E-state index in [0.29, 0.717) is 6.42 Å². The molecule has 0 atom stereocenters. The lowest BCUT2D eigenvalue weighted by Gasteiger charge is -2.37. The summed E-state index contributed by atoms with van der Waals surface area (Å²) in [6.07, 6.45) is 0.420. The van der Waals surface area contributed by atoms with Crippen LogP contribution in [0.25, 0.3) is 0 Å². The number of aliphatic hydroxyl groups is 1. The van der Waals surface area contributed by atoms with Gasteiger partial charge in [-0.15, -0.1) is 0 Å². The molecule has 1 aliphatic heterocycles. The number of aliphatic hydroxyl groups excluding tert-OH is 1. The molecule has 0 radical (unpaired) electrons. The molecule has 0 aliphatic carbocycles. The van der Waals surface area contributed by atoms with Crippen LogP contribution in [-0.4, -0.2) is 40.2 Å². The van der Waals surface area contributed by atoms with Crippen LogP contribution >= 0.6 is 11.8 Å². The van der Waals surface area contributed by atoms with E-state index in [9.17, 15) is 4.39 Å². The van der Waals surface area contributed by atoms with Crippen LogP contribution in [0.3, 0.4) is 0 Å². The summed E-state index contributed by atoms with van der Waals surface area (Å²) in [6, 6.07) is 4.81. The molecule has 1 aromatic rings. The molecular weight excluding hydrogens is 285 g/mol. The normalized spacial score (nSPS) is 18.1. The average molecular weight is 307 g/mol. The SMILES string of the molecule is CC1(C)CN(Cc2ccc(F)cc2C#CCCO)CCS1. The predicted octanol–water partition coefficient (Wildman–Crippen LogP) is 2.89. The summed E-state index contributed by atoms with van der Waals surface area (Å²) in [5.74, 6) is 6.73. The van der Waals surface area contributed by atoms with Gasteiger partial charge in [0, 0.05) is 42.1 Å². The highest BCUT2D eigenvalue weighted by molar-refractivity contribution is 8.00. The molecule has 1 N–H and O–H groups in total. The van der Waals surface area contributed by atoms with E-state index in [1.807, 2.05) is 17.8 Å². The van der Waals surface area contributed by atoms with E-state index in [0.717, 1.165) is 36.5 Å². The fourth-order valence-electron chi connectivity index (χ4n) is 2.51. The van der Waals surface area contributed by atoms with Crippen molar-refractivity contribution in [2.45, 2.75) is 31.6 Å². The maximum atomic E-state index is 13.4. The topological polar surface area (TPSA) is 23.5 Å². The summed E-state index contributed by atoms with van der Waals surface area (Å²) < 4.78 is 13.7. The Hall–Kier alpha value is -1.02. The fraction of sp³-hybridized carbons (Fsp3) is 0.529. The minimum Gasteiger partial charge on any atom is -0.395 e. The largest absolute Gasteiger partial charge is 0.395 e. The lowest BCUT2D eigenvalue weighted by molar-refractivity contribution is 0.252. The van der Waals surface area contributed by atoms with Crippen LogP contribution in [0.2, 0.25) is 0 Å². The number of hydrogen-bond acceptors (Lipinski definition) is 3. The highest BCUT2D eigenvalue weighted by atomic mass is 32.2. The Morgan fingerprint density at radius 2 is 2.24 bits per heavy atom. The van der Waals surface area contributed by atoms with Gasteiger partial charge < -0.3 is 5.11 Å². The second kappa shape index (κ2) is 7.31. The highest BCUT2D eigenvalue weighted by Gasteiger charge is 2.27. The van der Waals surface area contributed by atoms with E-state index >= 15 is 0 Å². The van der Waals surface area contributed by atoms with Crippen molar-refractivity contribution in [2.75, 3.05) is 25.4 Å². The molecule has 1 fully saturated rings. The van der Waals surface area contributed by atoms with Crippen molar-refractivity contribution in [1.29, 1.82) is 0 Å². The fourth-order valence-corrected chi connectivity index (χ4v) is 3.68. The first kappa shape index (κ1) is 16.4. The van der Waals surface area contributed by atoms with Gasteiger partial charge in [0.15, 0.2) is 0 Å². The average Bonchev–Trinajstić information content (AvgIpc) is 2.41. The molecule has 1 aromatic carbocycles. The number of hydrogen-bond donors (Lipinski definition) is 1. The van der Waals surface area contributed by atoms with E-state index in [2.05, 4.69) is 30.6 Å². The maximum Gasteiger partial charge on any atom is 0.124 e. The van der Waals surface area contributed by atoms with Crippen molar-refractivity contribution in [3.05, 3.63) is 35.1 Å². The second-order valence-corrected chi connectivity index (χ2v) is 7.70. The quantitative estimate of drug-likeness (QED) is 0.869. The van der Waals surface area contributed by atoms with Crippen LogP contribution in [0.5, 0.6) is 0 Å². The minimum absolute atomic E-state index is 0.0369. The van der Waals surface area contributed by atoms with Crippen LogP contribution in [0, 0.1) is 17.7 Å². The Morgan fingerprint density at radius 1 is 1.43 bits per heavy atom. The first-order valence-electron chi connectivity index (χ1n) is 7.25. The van der Waals surface area contributed by atoms with Crippen molar-refractivity contribution in [1.82, 2.24) is 4.90 Å². The molecule has 2 nitrogen and oxygen atoms in total. The lowest BCUT2D eigenvalue weighted by Crippen LogP contribution is -2.42. The summed E-state index contributed by atoms with van der Waals surface area (Å²) in [6.45, 7) is 7.43. The first-order chi connectivity index (χ1) is 10.00. The molecule has 0 spiro atoms. The lowest BCUT2D eigenvalue weighted by atomic mass is 10.1. The molecule has 4 heteroatoms. The Kier molecular flexibility index (Phi) is 5.69. The summed E-state index contributed by atoms with van der Waals surface area (Å²) in [5, 5.41) is 8.80. The van der Waals surface area contributed by atoms with Gasteiger partial charge in [-0.25, -0.2) is 4.39 Å². The number of rotatable bonds is 3. The monoisotopic (exact) mass is 307 g/mol. The molecule has 1 saturated heterocycles. The van der Waals surface area contributed by atoms with Gasteiger partial charge in [-0.05, 0) is 31.5 Å². The van der Waals surface area contributed by atoms with Gasteiger partial charge in [0.25, 0.3) is 0 Å². The Morgan fingerprint density at radius 3 is 2.95 bits per heavy atom. The molecule has 0 unspecified atom stereocenters. The van der Waals surface area contributed by atoms with Crippen molar-refractivity contribution in [3.63, 3.8) is 0 Å². The van der Waals surface area contributed by atoms with E-state index < -0.39 is 0 Å². The zero-order chi connectivity index (χ0) is 15.3. The van der Waals surface area contributed by atoms with Crippen molar-refractivity contribution >= 4 is 11.8 Å². The minimum atomic E-state index is -0.262. The Balaban J connectivity index is 2.14. The zero-order valence-electron chi connectivity index (χ0n) is 12.7. The molecule has 0 amide bonds. The summed E-state index contributed by atoms with van der Waals surface area (Å²) >= 11 is 2.00. The van der Waals surface area contributed by atoms with E-state index in [4.69, 9.17) is 5.11 Å². The van der Waals surface area contributed by atoms with E-state index in [-0.39, 0.29) is 17.2 Å². The smallest absolute Gasteiger partial charge is 0.124 e. The molecule has 114 valence electrons. The molecule has 0 bridgehead atoms. The summed E-state index contributed by atoms with van der Waals surface area (Å²) in [4.78, 5) is 2.40. The van der Waals surface area contributed by atoms with Gasteiger partial charge >= 0.3 is 0 Å². The Bertz CT molecular complexity index is 547. The molecular formula is C17H22FNOS. The van der Waals surface area contributed by atoms with Gasteiger partial charge in [-0.2, -0.15) is 11.8 Å². The summed E-state index contributed by atoms with van der Waals surface area (Å²) in [5.41, 5.74) is 1.80. The molecule has 21 heavy (non-hydrogen) atoms. The number of nitrogens with zero attached hydrogens (tertiary/aromatic N) is 1.